The average molecular weight is 405 g/mol. The molecule has 1 atom stereocenters. The van der Waals surface area contributed by atoms with Gasteiger partial charge in [-0.25, -0.2) is 0 Å². The van der Waals surface area contributed by atoms with Gasteiger partial charge >= 0.3 is 6.18 Å². The minimum absolute atomic E-state index is 0.0422. The molecule has 2 amide bonds. The zero-order chi connectivity index (χ0) is 21.0. The maximum atomic E-state index is 12.9. The molecular weight excluding hydrogens is 383 g/mol. The molecule has 8 heteroatoms. The number of nitrogens with zero attached hydrogens (tertiary/aromatic N) is 2. The molecule has 1 aliphatic heterocycles. The van der Waals surface area contributed by atoms with Crippen molar-refractivity contribution in [2.24, 2.45) is 0 Å². The molecule has 1 saturated heterocycles. The van der Waals surface area contributed by atoms with Crippen LogP contribution in [0.1, 0.15) is 48.2 Å². The van der Waals surface area contributed by atoms with E-state index in [2.05, 4.69) is 10.3 Å². The smallest absolute Gasteiger partial charge is 0.347 e. The van der Waals surface area contributed by atoms with Crippen LogP contribution >= 0.6 is 0 Å². The number of hydrogen-bond acceptors (Lipinski definition) is 3. The SMILES string of the molecule is CC(=O)NCC(=O)N1CCC[C@@H]1c1ccc(Cc2cccc(C(F)(F)F)c2)cn1. The maximum absolute atomic E-state index is 12.9. The third-order valence-electron chi connectivity index (χ3n) is 4.91. The Morgan fingerprint density at radius 1 is 1.21 bits per heavy atom. The second kappa shape index (κ2) is 8.63. The number of amides is 2. The highest BCUT2D eigenvalue weighted by Crippen LogP contribution is 2.32. The molecule has 5 nitrogen and oxygen atoms in total. The number of likely N-dealkylation sites (tertiary alicyclic amines) is 1. The summed E-state index contributed by atoms with van der Waals surface area (Å²) in [6.45, 7) is 1.93. The van der Waals surface area contributed by atoms with Crippen molar-refractivity contribution in [3.05, 3.63) is 65.0 Å². The van der Waals surface area contributed by atoms with Gasteiger partial charge in [0.25, 0.3) is 0 Å². The van der Waals surface area contributed by atoms with E-state index in [0.29, 0.717) is 18.5 Å². The van der Waals surface area contributed by atoms with Crippen molar-refractivity contribution in [3.8, 4) is 0 Å². The van der Waals surface area contributed by atoms with Gasteiger partial charge in [0.2, 0.25) is 11.8 Å². The summed E-state index contributed by atoms with van der Waals surface area (Å²) in [5.74, 6) is -0.413. The first-order chi connectivity index (χ1) is 13.7. The Labute approximate surface area is 166 Å². The van der Waals surface area contributed by atoms with E-state index in [1.807, 2.05) is 12.1 Å². The van der Waals surface area contributed by atoms with E-state index in [-0.39, 0.29) is 24.4 Å². The van der Waals surface area contributed by atoms with E-state index >= 15 is 0 Å². The molecule has 0 saturated carbocycles. The lowest BCUT2D eigenvalue weighted by Crippen LogP contribution is -2.39. The van der Waals surface area contributed by atoms with Crippen molar-refractivity contribution in [2.45, 2.75) is 38.4 Å². The summed E-state index contributed by atoms with van der Waals surface area (Å²) >= 11 is 0. The third-order valence-corrected chi connectivity index (χ3v) is 4.91. The van der Waals surface area contributed by atoms with Crippen LogP contribution in [0.2, 0.25) is 0 Å². The molecule has 1 N–H and O–H groups in total. The van der Waals surface area contributed by atoms with Crippen LogP contribution in [-0.2, 0) is 22.2 Å². The largest absolute Gasteiger partial charge is 0.416 e. The Balaban J connectivity index is 1.68. The molecule has 3 rings (SSSR count). The number of halogens is 3. The number of nitrogens with one attached hydrogen (secondary N) is 1. The van der Waals surface area contributed by atoms with Crippen LogP contribution < -0.4 is 5.32 Å². The Hall–Kier alpha value is -2.90. The molecule has 2 aromatic rings. The van der Waals surface area contributed by atoms with Gasteiger partial charge in [0, 0.05) is 19.7 Å². The van der Waals surface area contributed by atoms with Crippen LogP contribution in [0.15, 0.2) is 42.6 Å². The van der Waals surface area contributed by atoms with Crippen molar-refractivity contribution >= 4 is 11.8 Å². The Morgan fingerprint density at radius 3 is 2.66 bits per heavy atom. The van der Waals surface area contributed by atoms with Gasteiger partial charge in [0.05, 0.1) is 23.8 Å². The van der Waals surface area contributed by atoms with Gasteiger partial charge in [-0.15, -0.1) is 0 Å². The van der Waals surface area contributed by atoms with Crippen LogP contribution in [0.5, 0.6) is 0 Å². The normalized spacial score (nSPS) is 16.7. The summed E-state index contributed by atoms with van der Waals surface area (Å²) in [6, 6.07) is 8.75. The lowest BCUT2D eigenvalue weighted by Gasteiger charge is -2.24. The molecule has 1 aliphatic rings. The minimum atomic E-state index is -4.37. The molecule has 1 aromatic heterocycles. The van der Waals surface area contributed by atoms with Crippen molar-refractivity contribution in [3.63, 3.8) is 0 Å². The fourth-order valence-corrected chi connectivity index (χ4v) is 3.51. The van der Waals surface area contributed by atoms with Crippen molar-refractivity contribution in [1.29, 1.82) is 0 Å². The van der Waals surface area contributed by atoms with Crippen molar-refractivity contribution in [1.82, 2.24) is 15.2 Å². The van der Waals surface area contributed by atoms with Gasteiger partial charge < -0.3 is 10.2 Å². The summed E-state index contributed by atoms with van der Waals surface area (Å²) in [5.41, 5.74) is 1.43. The zero-order valence-corrected chi connectivity index (χ0v) is 16.0. The van der Waals surface area contributed by atoms with Gasteiger partial charge in [0.15, 0.2) is 0 Å². The van der Waals surface area contributed by atoms with Gasteiger partial charge in [0.1, 0.15) is 0 Å². The fourth-order valence-electron chi connectivity index (χ4n) is 3.51. The van der Waals surface area contributed by atoms with Gasteiger partial charge in [-0.05, 0) is 42.5 Å². The average Bonchev–Trinajstić information content (AvgIpc) is 3.16. The van der Waals surface area contributed by atoms with Crippen LogP contribution in [0, 0.1) is 0 Å². The van der Waals surface area contributed by atoms with Crippen molar-refractivity contribution in [2.75, 3.05) is 13.1 Å². The highest BCUT2D eigenvalue weighted by molar-refractivity contribution is 5.84. The molecule has 0 aliphatic carbocycles. The van der Waals surface area contributed by atoms with Crippen LogP contribution in [0.25, 0.3) is 0 Å². The molecule has 0 bridgehead atoms. The summed E-state index contributed by atoms with van der Waals surface area (Å²) in [4.78, 5) is 29.5. The molecular formula is C21H22F3N3O2. The van der Waals surface area contributed by atoms with E-state index < -0.39 is 11.7 Å². The highest BCUT2D eigenvalue weighted by atomic mass is 19.4. The van der Waals surface area contributed by atoms with Crippen molar-refractivity contribution < 1.29 is 22.8 Å². The lowest BCUT2D eigenvalue weighted by molar-refractivity contribution is -0.137. The molecule has 0 radical (unpaired) electrons. The second-order valence-corrected chi connectivity index (χ2v) is 7.12. The number of alkyl halides is 3. The van der Waals surface area contributed by atoms with Gasteiger partial charge in [-0.1, -0.05) is 24.3 Å². The summed E-state index contributed by atoms with van der Waals surface area (Å²) in [7, 11) is 0. The van der Waals surface area contributed by atoms with Gasteiger partial charge in [-0.2, -0.15) is 13.2 Å². The fraction of sp³-hybridized carbons (Fsp3) is 0.381. The van der Waals surface area contributed by atoms with E-state index in [1.54, 1.807) is 17.2 Å². The van der Waals surface area contributed by atoms with E-state index in [1.165, 1.54) is 13.0 Å². The monoisotopic (exact) mass is 405 g/mol. The molecule has 154 valence electrons. The van der Waals surface area contributed by atoms with Crippen LogP contribution in [-0.4, -0.2) is 34.8 Å². The molecule has 0 unspecified atom stereocenters. The predicted octanol–water partition coefficient (Wildman–Crippen LogP) is 3.49. The molecule has 2 heterocycles. The maximum Gasteiger partial charge on any atom is 0.416 e. The van der Waals surface area contributed by atoms with E-state index in [0.717, 1.165) is 36.2 Å². The van der Waals surface area contributed by atoms with Crippen LogP contribution in [0.4, 0.5) is 13.2 Å². The number of carbonyl (C=O) groups excluding carboxylic acids is 2. The first-order valence-electron chi connectivity index (χ1n) is 9.39. The lowest BCUT2D eigenvalue weighted by atomic mass is 10.0. The highest BCUT2D eigenvalue weighted by Gasteiger charge is 2.31. The second-order valence-electron chi connectivity index (χ2n) is 7.12. The molecule has 1 aromatic carbocycles. The van der Waals surface area contributed by atoms with E-state index in [4.69, 9.17) is 0 Å². The number of carbonyl (C=O) groups is 2. The number of rotatable bonds is 5. The Kier molecular flexibility index (Phi) is 6.20. The summed E-state index contributed by atoms with van der Waals surface area (Å²) < 4.78 is 38.6. The number of hydrogen-bond donors (Lipinski definition) is 1. The number of benzene rings is 1. The first-order valence-corrected chi connectivity index (χ1v) is 9.39. The van der Waals surface area contributed by atoms with Crippen LogP contribution in [0.3, 0.4) is 0 Å². The number of pyridine rings is 1. The topological polar surface area (TPSA) is 62.3 Å². The summed E-state index contributed by atoms with van der Waals surface area (Å²) in [6.07, 6.45) is -0.749. The zero-order valence-electron chi connectivity index (χ0n) is 16.0. The van der Waals surface area contributed by atoms with Gasteiger partial charge in [-0.3, -0.25) is 14.6 Å². The quantitative estimate of drug-likeness (QED) is 0.828. The standard InChI is InChI=1S/C21H22F3N3O2/c1-14(28)25-13-20(29)27-9-3-6-19(27)18-8-7-16(12-26-18)10-15-4-2-5-17(11-15)21(22,23)24/h2,4-5,7-8,11-12,19H,3,6,9-10,13H2,1H3,(H,25,28)/t19-/m1/s1. The Bertz CT molecular complexity index is 881. The molecule has 1 fully saturated rings. The molecule has 0 spiro atoms. The number of aromatic nitrogens is 1. The third kappa shape index (κ3) is 5.34. The Morgan fingerprint density at radius 2 is 2.00 bits per heavy atom. The first kappa shape index (κ1) is 20.8. The minimum Gasteiger partial charge on any atom is -0.347 e. The predicted molar refractivity (Wildman–Crippen MR) is 101 cm³/mol. The summed E-state index contributed by atoms with van der Waals surface area (Å²) in [5, 5.41) is 2.52. The molecule has 29 heavy (non-hydrogen) atoms. The van der Waals surface area contributed by atoms with E-state index in [9.17, 15) is 22.8 Å².